The molecule has 6 rings (SSSR count). The molecule has 1 heterocycles. The van der Waals surface area contributed by atoms with Crippen molar-refractivity contribution in [3.8, 4) is 11.3 Å². The molecule has 4 heteroatoms. The number of hydrogen-bond acceptors (Lipinski definition) is 2. The number of hydrogen-bond donors (Lipinski definition) is 1. The Morgan fingerprint density at radius 1 is 0.978 bits per heavy atom. The van der Waals surface area contributed by atoms with Crippen LogP contribution in [0.1, 0.15) is 117 Å². The molecule has 4 aromatic rings. The van der Waals surface area contributed by atoms with Crippen molar-refractivity contribution in [1.82, 2.24) is 4.98 Å². The molecule has 0 radical (unpaired) electrons. The van der Waals surface area contributed by atoms with Gasteiger partial charge in [0.2, 0.25) is 0 Å². The van der Waals surface area contributed by atoms with Crippen LogP contribution in [0.3, 0.4) is 0 Å². The van der Waals surface area contributed by atoms with Crippen LogP contribution in [0.2, 0.25) is 0 Å². The second kappa shape index (κ2) is 16.8. The third-order valence-electron chi connectivity index (χ3n) is 10.2. The molecule has 3 nitrogen and oxygen atoms in total. The van der Waals surface area contributed by atoms with E-state index in [1.807, 2.05) is 6.20 Å². The minimum absolute atomic E-state index is 0. The minimum atomic E-state index is -0.160. The zero-order chi connectivity index (χ0) is 31.4. The number of aromatic nitrogens is 1. The number of rotatable bonds is 9. The maximum atomic E-state index is 10.1. The number of pyridine rings is 1. The molecule has 1 aromatic heterocycles. The van der Waals surface area contributed by atoms with Crippen LogP contribution in [0.15, 0.2) is 54.7 Å². The Hall–Kier alpha value is -2.10. The van der Waals surface area contributed by atoms with E-state index < -0.39 is 0 Å². The normalized spacial score (nSPS) is 16.7. The molecule has 1 N–H and O–H groups in total. The summed E-state index contributed by atoms with van der Waals surface area (Å²) in [7, 11) is 0. The molecule has 2 atom stereocenters. The molecule has 46 heavy (non-hydrogen) atoms. The number of fused-ring (bicyclic) bond motifs is 4. The van der Waals surface area contributed by atoms with Crippen molar-refractivity contribution in [2.24, 2.45) is 11.8 Å². The second-order valence-electron chi connectivity index (χ2n) is 14.4. The van der Waals surface area contributed by atoms with Crippen LogP contribution in [0.4, 0.5) is 0 Å². The maximum absolute atomic E-state index is 10.1. The van der Waals surface area contributed by atoms with E-state index >= 15 is 0 Å². The van der Waals surface area contributed by atoms with Crippen LogP contribution in [0, 0.1) is 25.3 Å². The summed E-state index contributed by atoms with van der Waals surface area (Å²) in [6.45, 7) is 15.8. The van der Waals surface area contributed by atoms with Crippen molar-refractivity contribution >= 4 is 21.5 Å². The largest absolute Gasteiger partial charge is 3.00 e. The van der Waals surface area contributed by atoms with Gasteiger partial charge in [-0.3, -0.25) is 0 Å². The summed E-state index contributed by atoms with van der Waals surface area (Å²) in [5.74, 6) is 1.10. The molecule has 2 unspecified atom stereocenters. The Balaban J connectivity index is 0.000000266. The van der Waals surface area contributed by atoms with Crippen LogP contribution in [0.5, 0.6) is 0 Å². The van der Waals surface area contributed by atoms with Gasteiger partial charge in [0, 0.05) is 6.20 Å². The molecular weight excluding hydrogens is 741 g/mol. The zero-order valence-electron chi connectivity index (χ0n) is 29.6. The van der Waals surface area contributed by atoms with Crippen molar-refractivity contribution in [2.75, 3.05) is 0 Å². The first-order valence-electron chi connectivity index (χ1n) is 17.4. The van der Waals surface area contributed by atoms with Gasteiger partial charge in [-0.15, -0.1) is 35.3 Å². The van der Waals surface area contributed by atoms with E-state index in [0.717, 1.165) is 36.9 Å². The molecule has 0 spiro atoms. The van der Waals surface area contributed by atoms with Gasteiger partial charge in [-0.2, -0.15) is 0 Å². The standard InChI is InChI=1S/C26H24N.C15H30NO.CH3.Ir/c1-16(2)13-17-14-19-11-12-27-25-21-10-9-18-7-5-6-8-20(18)24(21)26(3,4)22(15-17)23(19)25;1-4-13(5-2)15(17)11-12(3)16-14-9-7-6-8-10-14;;/h5-9,11-12,14-16H,13H2,1-4H3;12-15,17H,4-11H2,1-3H3;1H3;/q3*-1;+3. The van der Waals surface area contributed by atoms with Crippen molar-refractivity contribution in [1.29, 1.82) is 0 Å². The van der Waals surface area contributed by atoms with Crippen LogP contribution in [-0.2, 0) is 31.9 Å². The van der Waals surface area contributed by atoms with Crippen molar-refractivity contribution < 1.29 is 25.2 Å². The molecule has 0 aliphatic heterocycles. The topological polar surface area (TPSA) is 47.2 Å². The average molecular weight is 798 g/mol. The van der Waals surface area contributed by atoms with Crippen LogP contribution in [0.25, 0.3) is 38.1 Å². The van der Waals surface area contributed by atoms with Gasteiger partial charge in [0.1, 0.15) is 0 Å². The van der Waals surface area contributed by atoms with Crippen molar-refractivity contribution in [3.63, 3.8) is 0 Å². The fraction of sp³-hybridized carbons (Fsp3) is 0.524. The van der Waals surface area contributed by atoms with E-state index in [0.29, 0.717) is 23.9 Å². The first-order valence-corrected chi connectivity index (χ1v) is 17.4. The molecule has 250 valence electrons. The molecule has 1 fully saturated rings. The first-order chi connectivity index (χ1) is 21.1. The Kier molecular flexibility index (Phi) is 14.0. The van der Waals surface area contributed by atoms with Gasteiger partial charge in [-0.05, 0) is 63.8 Å². The van der Waals surface area contributed by atoms with E-state index in [4.69, 9.17) is 10.3 Å². The average Bonchev–Trinajstić information content (AvgIpc) is 3.00. The number of nitrogens with zero attached hydrogens (tertiary/aromatic N) is 2. The van der Waals surface area contributed by atoms with Gasteiger partial charge in [-0.1, -0.05) is 141 Å². The van der Waals surface area contributed by atoms with E-state index in [9.17, 15) is 5.11 Å². The van der Waals surface area contributed by atoms with Crippen LogP contribution in [-0.4, -0.2) is 28.3 Å². The third kappa shape index (κ3) is 8.30. The Bertz CT molecular complexity index is 1550. The van der Waals surface area contributed by atoms with Gasteiger partial charge in [0.25, 0.3) is 0 Å². The SMILES string of the molecule is CC(C)Cc1cc2c3c(nccc3c1)-c1[c-]cc3ccccc3c1C2(C)C.CCC(CC)C(O)CC(C)[N-]C1CCCCC1.[CH3-].[Ir+3]. The number of aliphatic hydroxyl groups excluding tert-OH is 1. The molecule has 2 aliphatic rings. The van der Waals surface area contributed by atoms with Crippen LogP contribution < -0.4 is 0 Å². The molecule has 0 bridgehead atoms. The predicted molar refractivity (Wildman–Crippen MR) is 195 cm³/mol. The molecule has 2 aliphatic carbocycles. The third-order valence-corrected chi connectivity index (χ3v) is 10.2. The van der Waals surface area contributed by atoms with Crippen LogP contribution >= 0.6 is 0 Å². The fourth-order valence-electron chi connectivity index (χ4n) is 7.85. The number of benzene rings is 3. The molecule has 1 saturated carbocycles. The summed E-state index contributed by atoms with van der Waals surface area (Å²) in [4.78, 5) is 4.81. The maximum Gasteiger partial charge on any atom is 3.00 e. The van der Waals surface area contributed by atoms with E-state index in [1.165, 1.54) is 70.3 Å². The van der Waals surface area contributed by atoms with Gasteiger partial charge < -0.3 is 22.8 Å². The zero-order valence-corrected chi connectivity index (χ0v) is 32.0. The quantitative estimate of drug-likeness (QED) is 0.172. The second-order valence-corrected chi connectivity index (χ2v) is 14.4. The van der Waals surface area contributed by atoms with Crippen molar-refractivity contribution in [2.45, 2.75) is 130 Å². The van der Waals surface area contributed by atoms with E-state index in [2.05, 4.69) is 103 Å². The fourth-order valence-corrected chi connectivity index (χ4v) is 7.85. The van der Waals surface area contributed by atoms with Gasteiger partial charge in [0.15, 0.2) is 0 Å². The molecule has 3 aromatic carbocycles. The molecule has 0 amide bonds. The Morgan fingerprint density at radius 2 is 1.67 bits per heavy atom. The Morgan fingerprint density at radius 3 is 2.35 bits per heavy atom. The van der Waals surface area contributed by atoms with Gasteiger partial charge in [0.05, 0.1) is 6.10 Å². The van der Waals surface area contributed by atoms with Crippen molar-refractivity contribution in [3.05, 3.63) is 90.2 Å². The summed E-state index contributed by atoms with van der Waals surface area (Å²) in [6.07, 6.45) is 12.5. The van der Waals surface area contributed by atoms with Gasteiger partial charge in [-0.25, -0.2) is 0 Å². The van der Waals surface area contributed by atoms with E-state index in [1.54, 1.807) is 0 Å². The van der Waals surface area contributed by atoms with Gasteiger partial charge >= 0.3 is 20.1 Å². The Labute approximate surface area is 293 Å². The first kappa shape index (κ1) is 38.3. The minimum Gasteiger partial charge on any atom is -0.657 e. The number of aliphatic hydroxyl groups is 1. The summed E-state index contributed by atoms with van der Waals surface area (Å²) in [5.41, 5.74) is 6.33. The smallest absolute Gasteiger partial charge is 0.657 e. The molecule has 0 saturated heterocycles. The summed E-state index contributed by atoms with van der Waals surface area (Å²) in [5, 5.41) is 20.2. The summed E-state index contributed by atoms with van der Waals surface area (Å²) in [6, 6.07) is 22.2. The molecular formula is C42H57IrN2O. The van der Waals surface area contributed by atoms with E-state index in [-0.39, 0.29) is 39.1 Å². The summed E-state index contributed by atoms with van der Waals surface area (Å²) >= 11 is 0. The summed E-state index contributed by atoms with van der Waals surface area (Å²) < 4.78 is 0. The predicted octanol–water partition coefficient (Wildman–Crippen LogP) is 11.4. The monoisotopic (exact) mass is 798 g/mol.